The Labute approximate surface area is 85.6 Å². The summed E-state index contributed by atoms with van der Waals surface area (Å²) < 4.78 is 5.27. The second-order valence-electron chi connectivity index (χ2n) is 3.66. The first-order chi connectivity index (χ1) is 6.33. The minimum absolute atomic E-state index is 0.227. The van der Waals surface area contributed by atoms with Crippen molar-refractivity contribution in [3.8, 4) is 0 Å². The number of ether oxygens (including phenoxy) is 1. The van der Waals surface area contributed by atoms with Crippen molar-refractivity contribution in [1.82, 2.24) is 0 Å². The molecule has 2 N–H and O–H groups in total. The van der Waals surface area contributed by atoms with Gasteiger partial charge in [0.2, 0.25) is 0 Å². The molecule has 2 nitrogen and oxygen atoms in total. The lowest BCUT2D eigenvalue weighted by Crippen LogP contribution is -2.29. The average Bonchev–Trinajstić information content (AvgIpc) is 2.64. The van der Waals surface area contributed by atoms with E-state index in [1.807, 2.05) is 18.7 Å². The fourth-order valence-electron chi connectivity index (χ4n) is 1.63. The summed E-state index contributed by atoms with van der Waals surface area (Å²) in [6.45, 7) is 3.51. The van der Waals surface area contributed by atoms with Gasteiger partial charge in [-0.1, -0.05) is 12.8 Å². The van der Waals surface area contributed by atoms with Crippen molar-refractivity contribution in [2.75, 3.05) is 19.0 Å². The highest BCUT2D eigenvalue weighted by Crippen LogP contribution is 2.29. The maximum atomic E-state index is 5.89. The minimum Gasteiger partial charge on any atom is -0.380 e. The molecular weight excluding hydrogens is 182 g/mol. The van der Waals surface area contributed by atoms with Crippen molar-refractivity contribution >= 4 is 11.8 Å². The Bertz CT molecular complexity index is 126. The molecule has 0 aromatic heterocycles. The van der Waals surface area contributed by atoms with Gasteiger partial charge in [0.15, 0.2) is 0 Å². The molecule has 0 heterocycles. The van der Waals surface area contributed by atoms with Gasteiger partial charge in [-0.15, -0.1) is 0 Å². The van der Waals surface area contributed by atoms with E-state index in [-0.39, 0.29) is 6.04 Å². The van der Waals surface area contributed by atoms with Crippen LogP contribution < -0.4 is 5.73 Å². The van der Waals surface area contributed by atoms with Crippen molar-refractivity contribution in [2.45, 2.75) is 43.9 Å². The second-order valence-corrected chi connectivity index (χ2v) is 4.99. The Morgan fingerprint density at radius 2 is 2.15 bits per heavy atom. The third-order valence-corrected chi connectivity index (χ3v) is 3.95. The molecule has 0 aliphatic heterocycles. The highest BCUT2D eigenvalue weighted by molar-refractivity contribution is 7.99. The van der Waals surface area contributed by atoms with E-state index >= 15 is 0 Å². The summed E-state index contributed by atoms with van der Waals surface area (Å²) in [5.74, 6) is 1.06. The molecule has 78 valence electrons. The summed E-state index contributed by atoms with van der Waals surface area (Å²) in [5, 5.41) is 0.882. The standard InChI is InChI=1S/C10H21NOS/c1-2-12-7-9(11)8-13-10-5-3-4-6-10/h9-10H,2-8,11H2,1H3. The van der Waals surface area contributed by atoms with E-state index in [0.717, 1.165) is 24.2 Å². The zero-order valence-corrected chi connectivity index (χ0v) is 9.31. The molecule has 0 aromatic carbocycles. The van der Waals surface area contributed by atoms with Crippen LogP contribution in [0.1, 0.15) is 32.6 Å². The molecular formula is C10H21NOS. The lowest BCUT2D eigenvalue weighted by atomic mass is 10.4. The van der Waals surface area contributed by atoms with E-state index in [9.17, 15) is 0 Å². The third kappa shape index (κ3) is 4.89. The van der Waals surface area contributed by atoms with Gasteiger partial charge in [-0.3, -0.25) is 0 Å². The molecule has 1 unspecified atom stereocenters. The largest absolute Gasteiger partial charge is 0.380 e. The summed E-state index contributed by atoms with van der Waals surface area (Å²) in [6.07, 6.45) is 5.62. The Kier molecular flexibility index (Phi) is 5.83. The van der Waals surface area contributed by atoms with Gasteiger partial charge < -0.3 is 10.5 Å². The molecule has 0 bridgehead atoms. The average molecular weight is 203 g/mol. The van der Waals surface area contributed by atoms with E-state index in [1.165, 1.54) is 25.7 Å². The highest BCUT2D eigenvalue weighted by atomic mass is 32.2. The van der Waals surface area contributed by atoms with Crippen molar-refractivity contribution in [3.05, 3.63) is 0 Å². The molecule has 0 radical (unpaired) electrons. The van der Waals surface area contributed by atoms with Gasteiger partial charge in [0.25, 0.3) is 0 Å². The first-order valence-electron chi connectivity index (χ1n) is 5.28. The van der Waals surface area contributed by atoms with Crippen molar-refractivity contribution < 1.29 is 4.74 Å². The summed E-state index contributed by atoms with van der Waals surface area (Å²) in [7, 11) is 0. The van der Waals surface area contributed by atoms with Gasteiger partial charge >= 0.3 is 0 Å². The molecule has 1 fully saturated rings. The van der Waals surface area contributed by atoms with Crippen LogP contribution in [0, 0.1) is 0 Å². The van der Waals surface area contributed by atoms with Crippen LogP contribution in [-0.4, -0.2) is 30.3 Å². The van der Waals surface area contributed by atoms with Gasteiger partial charge in [0.05, 0.1) is 6.61 Å². The monoisotopic (exact) mass is 203 g/mol. The first-order valence-corrected chi connectivity index (χ1v) is 6.32. The molecule has 13 heavy (non-hydrogen) atoms. The fourth-order valence-corrected chi connectivity index (χ4v) is 2.91. The maximum Gasteiger partial charge on any atom is 0.0625 e. The quantitative estimate of drug-likeness (QED) is 0.717. The van der Waals surface area contributed by atoms with Crippen molar-refractivity contribution in [2.24, 2.45) is 5.73 Å². The topological polar surface area (TPSA) is 35.2 Å². The van der Waals surface area contributed by atoms with Crippen molar-refractivity contribution in [1.29, 1.82) is 0 Å². The van der Waals surface area contributed by atoms with Gasteiger partial charge in [-0.2, -0.15) is 11.8 Å². The summed E-state index contributed by atoms with van der Waals surface area (Å²) >= 11 is 2.04. The van der Waals surface area contributed by atoms with E-state index in [4.69, 9.17) is 10.5 Å². The van der Waals surface area contributed by atoms with Gasteiger partial charge in [0, 0.05) is 23.7 Å². The van der Waals surface area contributed by atoms with Crippen LogP contribution >= 0.6 is 11.8 Å². The molecule has 3 heteroatoms. The van der Waals surface area contributed by atoms with E-state index < -0.39 is 0 Å². The van der Waals surface area contributed by atoms with Gasteiger partial charge in [0.1, 0.15) is 0 Å². The van der Waals surface area contributed by atoms with Crippen LogP contribution in [0.5, 0.6) is 0 Å². The van der Waals surface area contributed by atoms with E-state index in [1.54, 1.807) is 0 Å². The zero-order valence-electron chi connectivity index (χ0n) is 8.50. The first kappa shape index (κ1) is 11.3. The maximum absolute atomic E-state index is 5.89. The zero-order chi connectivity index (χ0) is 9.52. The summed E-state index contributed by atoms with van der Waals surface area (Å²) in [4.78, 5) is 0. The summed E-state index contributed by atoms with van der Waals surface area (Å²) in [5.41, 5.74) is 5.89. The Balaban J connectivity index is 1.97. The molecule has 0 aromatic rings. The molecule has 0 saturated heterocycles. The molecule has 1 aliphatic rings. The molecule has 1 saturated carbocycles. The van der Waals surface area contributed by atoms with Gasteiger partial charge in [-0.25, -0.2) is 0 Å². The normalized spacial score (nSPS) is 20.8. The smallest absolute Gasteiger partial charge is 0.0625 e. The number of hydrogen-bond donors (Lipinski definition) is 1. The second kappa shape index (κ2) is 6.68. The number of nitrogens with two attached hydrogens (primary N) is 1. The lowest BCUT2D eigenvalue weighted by molar-refractivity contribution is 0.138. The summed E-state index contributed by atoms with van der Waals surface area (Å²) in [6, 6.07) is 0.227. The van der Waals surface area contributed by atoms with Crippen LogP contribution in [0.15, 0.2) is 0 Å². The van der Waals surface area contributed by atoms with Crippen LogP contribution in [-0.2, 0) is 4.74 Å². The molecule has 1 rings (SSSR count). The third-order valence-electron chi connectivity index (χ3n) is 2.38. The SMILES string of the molecule is CCOCC(N)CSC1CCCC1. The van der Waals surface area contributed by atoms with Crippen LogP contribution in [0.4, 0.5) is 0 Å². The van der Waals surface area contributed by atoms with Crippen LogP contribution in [0.25, 0.3) is 0 Å². The number of rotatable bonds is 6. The molecule has 1 atom stereocenters. The molecule has 1 aliphatic carbocycles. The minimum atomic E-state index is 0.227. The Hall–Kier alpha value is 0.270. The number of hydrogen-bond acceptors (Lipinski definition) is 3. The Morgan fingerprint density at radius 1 is 1.46 bits per heavy atom. The number of thioether (sulfide) groups is 1. The van der Waals surface area contributed by atoms with Gasteiger partial charge in [-0.05, 0) is 19.8 Å². The molecule has 0 spiro atoms. The molecule has 0 amide bonds. The van der Waals surface area contributed by atoms with Crippen molar-refractivity contribution in [3.63, 3.8) is 0 Å². The lowest BCUT2D eigenvalue weighted by Gasteiger charge is -2.14. The highest BCUT2D eigenvalue weighted by Gasteiger charge is 2.16. The predicted octanol–water partition coefficient (Wildman–Crippen LogP) is 2.03. The fraction of sp³-hybridized carbons (Fsp3) is 1.00. The van der Waals surface area contributed by atoms with E-state index in [0.29, 0.717) is 0 Å². The van der Waals surface area contributed by atoms with Crippen LogP contribution in [0.3, 0.4) is 0 Å². The predicted molar refractivity (Wildman–Crippen MR) is 59.2 cm³/mol. The Morgan fingerprint density at radius 3 is 2.77 bits per heavy atom. The van der Waals surface area contributed by atoms with E-state index in [2.05, 4.69) is 0 Å². The van der Waals surface area contributed by atoms with Crippen LogP contribution in [0.2, 0.25) is 0 Å².